The van der Waals surface area contributed by atoms with Gasteiger partial charge in [0.05, 0.1) is 6.04 Å². The van der Waals surface area contributed by atoms with Gasteiger partial charge < -0.3 is 10.1 Å². The van der Waals surface area contributed by atoms with Crippen molar-refractivity contribution in [2.75, 3.05) is 0 Å². The lowest BCUT2D eigenvalue weighted by Crippen LogP contribution is -2.63. The Morgan fingerprint density at radius 1 is 0.950 bits per heavy atom. The molecule has 0 spiro atoms. The maximum Gasteiger partial charge on any atom is 0.264 e. The van der Waals surface area contributed by atoms with Gasteiger partial charge in [-0.2, -0.15) is 0 Å². The summed E-state index contributed by atoms with van der Waals surface area (Å²) in [4.78, 5) is 11.6. The number of ether oxygens (including phenoxy) is 1. The number of nitrogens with one attached hydrogen (secondary N) is 1. The van der Waals surface area contributed by atoms with Crippen LogP contribution in [0.2, 0.25) is 0 Å². The molecule has 1 aliphatic rings. The fourth-order valence-corrected chi connectivity index (χ4v) is 2.09. The second kappa shape index (κ2) is 5.61. The highest BCUT2D eigenvalue weighted by Gasteiger charge is 2.39. The van der Waals surface area contributed by atoms with Crippen molar-refractivity contribution in [2.45, 2.75) is 12.1 Å². The van der Waals surface area contributed by atoms with Crippen molar-refractivity contribution in [3.8, 4) is 5.75 Å². The van der Waals surface area contributed by atoms with E-state index in [1.807, 2.05) is 72.8 Å². The second-order valence-corrected chi connectivity index (χ2v) is 4.66. The van der Waals surface area contributed by atoms with Crippen LogP contribution in [-0.4, -0.2) is 18.1 Å². The number of amides is 1. The fraction of sp³-hybridized carbons (Fsp3) is 0.118. The number of carbonyl (C=O) groups excluding carboxylic acids is 1. The number of hydrogen-bond acceptors (Lipinski definition) is 2. The van der Waals surface area contributed by atoms with E-state index in [1.165, 1.54) is 0 Å². The first-order valence-electron chi connectivity index (χ1n) is 6.58. The van der Waals surface area contributed by atoms with E-state index in [4.69, 9.17) is 4.74 Å². The third-order valence-corrected chi connectivity index (χ3v) is 3.20. The van der Waals surface area contributed by atoms with E-state index in [0.717, 1.165) is 5.56 Å². The van der Waals surface area contributed by atoms with Crippen LogP contribution in [0.3, 0.4) is 0 Å². The minimum atomic E-state index is -0.447. The van der Waals surface area contributed by atoms with Crippen LogP contribution >= 0.6 is 0 Å². The summed E-state index contributed by atoms with van der Waals surface area (Å²) < 4.78 is 5.70. The van der Waals surface area contributed by atoms with E-state index >= 15 is 0 Å². The third-order valence-electron chi connectivity index (χ3n) is 3.20. The Hall–Kier alpha value is -2.55. The molecule has 3 heteroatoms. The molecule has 2 aromatic carbocycles. The molecule has 0 saturated carbocycles. The molecule has 0 unspecified atom stereocenters. The largest absolute Gasteiger partial charge is 0.478 e. The van der Waals surface area contributed by atoms with Gasteiger partial charge in [-0.1, -0.05) is 60.7 Å². The van der Waals surface area contributed by atoms with Crippen LogP contribution in [0.15, 0.2) is 66.7 Å². The first kappa shape index (κ1) is 12.5. The molecule has 0 radical (unpaired) electrons. The molecule has 1 heterocycles. The van der Waals surface area contributed by atoms with Crippen LogP contribution < -0.4 is 10.1 Å². The number of para-hydroxylation sites is 1. The Labute approximate surface area is 117 Å². The predicted molar refractivity (Wildman–Crippen MR) is 78.3 cm³/mol. The predicted octanol–water partition coefficient (Wildman–Crippen LogP) is 2.65. The van der Waals surface area contributed by atoms with Crippen LogP contribution in [0.25, 0.3) is 6.08 Å². The van der Waals surface area contributed by atoms with Crippen molar-refractivity contribution in [3.05, 3.63) is 72.3 Å². The molecule has 1 aliphatic heterocycles. The molecule has 1 fully saturated rings. The molecular weight excluding hydrogens is 250 g/mol. The number of rotatable bonds is 4. The lowest BCUT2D eigenvalue weighted by atomic mass is 10.0. The molecule has 2 atom stereocenters. The average Bonchev–Trinajstić information content (AvgIpc) is 2.51. The highest BCUT2D eigenvalue weighted by Crippen LogP contribution is 2.18. The van der Waals surface area contributed by atoms with Gasteiger partial charge in [0.15, 0.2) is 0 Å². The van der Waals surface area contributed by atoms with Crippen molar-refractivity contribution in [1.82, 2.24) is 5.32 Å². The normalized spacial score (nSPS) is 21.3. The van der Waals surface area contributed by atoms with Gasteiger partial charge in [0.2, 0.25) is 6.10 Å². The summed E-state index contributed by atoms with van der Waals surface area (Å²) in [5.41, 5.74) is 1.10. The van der Waals surface area contributed by atoms with E-state index in [-0.39, 0.29) is 11.9 Å². The first-order chi connectivity index (χ1) is 9.83. The summed E-state index contributed by atoms with van der Waals surface area (Å²) in [6.07, 6.45) is 3.51. The molecule has 1 amide bonds. The average molecular weight is 265 g/mol. The Balaban J connectivity index is 1.66. The molecule has 1 N–H and O–H groups in total. The lowest BCUT2D eigenvalue weighted by molar-refractivity contribution is -0.138. The Morgan fingerprint density at radius 2 is 1.60 bits per heavy atom. The zero-order valence-electron chi connectivity index (χ0n) is 10.9. The standard InChI is InChI=1S/C17H15NO2/c19-17-16(20-14-9-5-2-6-10-14)15(18-17)12-11-13-7-3-1-4-8-13/h1-12,15-16H,(H,18,19)/b12-11+/t15-,16+/m0/s1. The molecule has 0 aromatic heterocycles. The summed E-state index contributed by atoms with van der Waals surface area (Å²) >= 11 is 0. The summed E-state index contributed by atoms with van der Waals surface area (Å²) in [6.45, 7) is 0. The SMILES string of the molecule is O=C1N[C@@H](/C=C/c2ccccc2)[C@H]1Oc1ccccc1. The van der Waals surface area contributed by atoms with Crippen LogP contribution in [0, 0.1) is 0 Å². The first-order valence-corrected chi connectivity index (χ1v) is 6.58. The minimum absolute atomic E-state index is 0.0726. The van der Waals surface area contributed by atoms with Gasteiger partial charge in [0, 0.05) is 0 Å². The number of β-lactam (4-membered cyclic amide) rings is 1. The third kappa shape index (κ3) is 2.72. The highest BCUT2D eigenvalue weighted by atomic mass is 16.5. The summed E-state index contributed by atoms with van der Waals surface area (Å²) in [5.74, 6) is 0.641. The molecular formula is C17H15NO2. The topological polar surface area (TPSA) is 38.3 Å². The van der Waals surface area contributed by atoms with Gasteiger partial charge in [-0.3, -0.25) is 4.79 Å². The second-order valence-electron chi connectivity index (χ2n) is 4.66. The van der Waals surface area contributed by atoms with E-state index < -0.39 is 6.10 Å². The smallest absolute Gasteiger partial charge is 0.264 e. The van der Waals surface area contributed by atoms with Gasteiger partial charge in [0.25, 0.3) is 5.91 Å². The molecule has 100 valence electrons. The van der Waals surface area contributed by atoms with E-state index in [1.54, 1.807) is 0 Å². The van der Waals surface area contributed by atoms with E-state index in [0.29, 0.717) is 5.75 Å². The van der Waals surface area contributed by atoms with Gasteiger partial charge in [-0.15, -0.1) is 0 Å². The molecule has 3 rings (SSSR count). The van der Waals surface area contributed by atoms with Crippen molar-refractivity contribution in [3.63, 3.8) is 0 Å². The minimum Gasteiger partial charge on any atom is -0.478 e. The number of benzene rings is 2. The van der Waals surface area contributed by atoms with E-state index in [9.17, 15) is 4.79 Å². The molecule has 20 heavy (non-hydrogen) atoms. The molecule has 2 aromatic rings. The maximum absolute atomic E-state index is 11.6. The van der Waals surface area contributed by atoms with E-state index in [2.05, 4.69) is 5.32 Å². The maximum atomic E-state index is 11.6. The molecule has 0 bridgehead atoms. The lowest BCUT2D eigenvalue weighted by Gasteiger charge is -2.34. The number of carbonyl (C=O) groups is 1. The quantitative estimate of drug-likeness (QED) is 0.863. The monoisotopic (exact) mass is 265 g/mol. The zero-order valence-corrected chi connectivity index (χ0v) is 10.9. The molecule has 0 aliphatic carbocycles. The van der Waals surface area contributed by atoms with Crippen LogP contribution in [0.5, 0.6) is 5.75 Å². The highest BCUT2D eigenvalue weighted by molar-refractivity contribution is 5.89. The van der Waals surface area contributed by atoms with Gasteiger partial charge in [-0.05, 0) is 17.7 Å². The van der Waals surface area contributed by atoms with Gasteiger partial charge in [-0.25, -0.2) is 0 Å². The van der Waals surface area contributed by atoms with Crippen LogP contribution in [0.1, 0.15) is 5.56 Å². The van der Waals surface area contributed by atoms with Crippen LogP contribution in [0.4, 0.5) is 0 Å². The summed E-state index contributed by atoms with van der Waals surface area (Å²) in [5, 5.41) is 2.83. The van der Waals surface area contributed by atoms with Crippen molar-refractivity contribution in [1.29, 1.82) is 0 Å². The molecule has 3 nitrogen and oxygen atoms in total. The fourth-order valence-electron chi connectivity index (χ4n) is 2.09. The number of hydrogen-bond donors (Lipinski definition) is 1. The summed E-state index contributed by atoms with van der Waals surface area (Å²) in [7, 11) is 0. The summed E-state index contributed by atoms with van der Waals surface area (Å²) in [6, 6.07) is 19.3. The van der Waals surface area contributed by atoms with Crippen molar-refractivity contribution in [2.24, 2.45) is 0 Å². The Kier molecular flexibility index (Phi) is 3.50. The zero-order chi connectivity index (χ0) is 13.8. The van der Waals surface area contributed by atoms with Crippen molar-refractivity contribution < 1.29 is 9.53 Å². The van der Waals surface area contributed by atoms with Gasteiger partial charge >= 0.3 is 0 Å². The Bertz CT molecular complexity index is 607. The van der Waals surface area contributed by atoms with Gasteiger partial charge in [0.1, 0.15) is 5.75 Å². The Morgan fingerprint density at radius 3 is 2.25 bits per heavy atom. The molecule has 1 saturated heterocycles. The van der Waals surface area contributed by atoms with Crippen molar-refractivity contribution >= 4 is 12.0 Å². The van der Waals surface area contributed by atoms with Crippen LogP contribution in [-0.2, 0) is 4.79 Å².